The van der Waals surface area contributed by atoms with Crippen LogP contribution in [0.1, 0.15) is 168 Å². The van der Waals surface area contributed by atoms with E-state index in [2.05, 4.69) is 208 Å². The Balaban J connectivity index is 4.36. The molecule has 0 heterocycles. The fourth-order valence-corrected chi connectivity index (χ4v) is 7.55. The van der Waals surface area contributed by atoms with Crippen LogP contribution >= 0.6 is 7.82 Å². The number of unbranched alkanes of at least 4 members (excludes halogenated alkanes) is 3. The summed E-state index contributed by atoms with van der Waals surface area (Å²) in [4.78, 5) is 35.6. The summed E-state index contributed by atoms with van der Waals surface area (Å²) in [5.41, 5.74) is 0. The first kappa shape index (κ1) is 74.6. The molecule has 0 amide bonds. The molecule has 444 valence electrons. The summed E-state index contributed by atoms with van der Waals surface area (Å²) in [6, 6.07) is 0. The van der Waals surface area contributed by atoms with E-state index in [-0.39, 0.29) is 26.1 Å². The van der Waals surface area contributed by atoms with Gasteiger partial charge >= 0.3 is 19.8 Å². The minimum Gasteiger partial charge on any atom is -0.462 e. The van der Waals surface area contributed by atoms with Crippen molar-refractivity contribution in [3.63, 3.8) is 0 Å². The first-order valence-corrected chi connectivity index (χ1v) is 31.3. The Morgan fingerprint density at radius 2 is 0.700 bits per heavy atom. The number of hydrogen-bond acceptors (Lipinski definition) is 7. The Morgan fingerprint density at radius 1 is 0.388 bits per heavy atom. The average molecular weight is 1120 g/mol. The highest BCUT2D eigenvalue weighted by Gasteiger charge is 2.27. The molecule has 0 aliphatic rings. The maximum absolute atomic E-state index is 12.8. The zero-order chi connectivity index (χ0) is 58.4. The summed E-state index contributed by atoms with van der Waals surface area (Å²) < 4.78 is 34.4. The predicted octanol–water partition coefficient (Wildman–Crippen LogP) is 19.1. The van der Waals surface area contributed by atoms with Crippen molar-refractivity contribution >= 4 is 19.8 Å². The van der Waals surface area contributed by atoms with Crippen molar-refractivity contribution in [1.82, 2.24) is 0 Å². The van der Waals surface area contributed by atoms with Crippen LogP contribution in [0, 0.1) is 0 Å². The third kappa shape index (κ3) is 61.8. The van der Waals surface area contributed by atoms with Gasteiger partial charge in [-0.2, -0.15) is 0 Å². The van der Waals surface area contributed by atoms with Crippen LogP contribution < -0.4 is 0 Å². The molecule has 0 saturated carbocycles. The summed E-state index contributed by atoms with van der Waals surface area (Å²) >= 11 is 0. The van der Waals surface area contributed by atoms with Gasteiger partial charge in [-0.05, 0) is 135 Å². The van der Waals surface area contributed by atoms with Crippen LogP contribution in [0.2, 0.25) is 0 Å². The molecule has 1 N–H and O–H groups in total. The van der Waals surface area contributed by atoms with Crippen LogP contribution in [0.4, 0.5) is 0 Å². The Morgan fingerprint density at radius 3 is 1.02 bits per heavy atom. The molecule has 0 rings (SSSR count). The van der Waals surface area contributed by atoms with Crippen LogP contribution in [-0.4, -0.2) is 74.9 Å². The molecular weight excluding hydrogens is 1010 g/mol. The number of esters is 2. The van der Waals surface area contributed by atoms with Gasteiger partial charge in [-0.15, -0.1) is 0 Å². The van der Waals surface area contributed by atoms with E-state index in [9.17, 15) is 19.0 Å². The van der Waals surface area contributed by atoms with Gasteiger partial charge in [-0.25, -0.2) is 4.57 Å². The Bertz CT molecular complexity index is 2100. The minimum atomic E-state index is -4.43. The van der Waals surface area contributed by atoms with E-state index in [1.807, 2.05) is 33.3 Å². The van der Waals surface area contributed by atoms with Crippen LogP contribution in [0.25, 0.3) is 0 Å². The molecule has 10 heteroatoms. The molecule has 0 spiro atoms. The molecular formula is C70H107NO8P+. The summed E-state index contributed by atoms with van der Waals surface area (Å²) in [7, 11) is 1.38. The van der Waals surface area contributed by atoms with E-state index in [0.717, 1.165) is 128 Å². The third-order valence-corrected chi connectivity index (χ3v) is 12.3. The Labute approximate surface area is 487 Å². The van der Waals surface area contributed by atoms with E-state index in [0.29, 0.717) is 23.9 Å². The number of phosphoric ester groups is 1. The first-order valence-electron chi connectivity index (χ1n) is 29.8. The molecule has 0 aromatic heterocycles. The Kier molecular flexibility index (Phi) is 54.3. The Hall–Kier alpha value is -5.41. The number of likely N-dealkylation sites (N-methyl/N-ethyl adjacent to an activating group) is 1. The molecule has 0 aromatic rings. The van der Waals surface area contributed by atoms with Gasteiger partial charge in [0.15, 0.2) is 6.10 Å². The number of allylic oxidation sites excluding steroid dienone is 34. The lowest BCUT2D eigenvalue weighted by Gasteiger charge is -2.24. The number of hydrogen-bond donors (Lipinski definition) is 1. The van der Waals surface area contributed by atoms with Crippen molar-refractivity contribution in [2.24, 2.45) is 0 Å². The van der Waals surface area contributed by atoms with E-state index in [4.69, 9.17) is 18.5 Å². The topological polar surface area (TPSA) is 108 Å². The van der Waals surface area contributed by atoms with Crippen molar-refractivity contribution in [2.75, 3.05) is 47.5 Å². The maximum Gasteiger partial charge on any atom is 0.472 e. The highest BCUT2D eigenvalue weighted by atomic mass is 31.2. The van der Waals surface area contributed by atoms with Crippen LogP contribution in [0.15, 0.2) is 207 Å². The van der Waals surface area contributed by atoms with E-state index in [1.54, 1.807) is 0 Å². The van der Waals surface area contributed by atoms with Crippen molar-refractivity contribution in [1.29, 1.82) is 0 Å². The summed E-state index contributed by atoms with van der Waals surface area (Å²) in [6.07, 6.45) is 93.5. The highest BCUT2D eigenvalue weighted by Crippen LogP contribution is 2.43. The fourth-order valence-electron chi connectivity index (χ4n) is 6.81. The zero-order valence-corrected chi connectivity index (χ0v) is 51.1. The smallest absolute Gasteiger partial charge is 0.462 e. The number of carbonyl (C=O) groups is 2. The molecule has 0 saturated heterocycles. The van der Waals surface area contributed by atoms with Gasteiger partial charge in [0.2, 0.25) is 0 Å². The number of phosphoric acid groups is 1. The van der Waals surface area contributed by atoms with Gasteiger partial charge in [0, 0.05) is 12.8 Å². The van der Waals surface area contributed by atoms with Gasteiger partial charge in [0.25, 0.3) is 0 Å². The molecule has 0 radical (unpaired) electrons. The molecule has 9 nitrogen and oxygen atoms in total. The lowest BCUT2D eigenvalue weighted by Crippen LogP contribution is -2.37. The molecule has 0 fully saturated rings. The summed E-state index contributed by atoms with van der Waals surface area (Å²) in [6.45, 7) is 4.03. The molecule has 0 aliphatic carbocycles. The summed E-state index contributed by atoms with van der Waals surface area (Å²) in [5.74, 6) is -0.956. The monoisotopic (exact) mass is 1120 g/mol. The molecule has 0 aromatic carbocycles. The van der Waals surface area contributed by atoms with Crippen LogP contribution in [0.5, 0.6) is 0 Å². The van der Waals surface area contributed by atoms with Gasteiger partial charge in [0.1, 0.15) is 19.8 Å². The lowest BCUT2D eigenvalue weighted by atomic mass is 10.1. The van der Waals surface area contributed by atoms with Crippen molar-refractivity contribution in [2.45, 2.75) is 174 Å². The molecule has 2 atom stereocenters. The lowest BCUT2D eigenvalue weighted by molar-refractivity contribution is -0.870. The fraction of sp³-hybridized carbons (Fsp3) is 0.486. The van der Waals surface area contributed by atoms with Crippen LogP contribution in [0.3, 0.4) is 0 Å². The molecule has 0 aliphatic heterocycles. The second-order valence-electron chi connectivity index (χ2n) is 19.9. The minimum absolute atomic E-state index is 0.000614. The van der Waals surface area contributed by atoms with Gasteiger partial charge in [0.05, 0.1) is 27.7 Å². The van der Waals surface area contributed by atoms with Gasteiger partial charge in [-0.1, -0.05) is 227 Å². The van der Waals surface area contributed by atoms with E-state index in [1.165, 1.54) is 0 Å². The largest absolute Gasteiger partial charge is 0.472 e. The van der Waals surface area contributed by atoms with Crippen molar-refractivity contribution in [3.05, 3.63) is 207 Å². The standard InChI is InChI=1S/C70H106NO8P/c1-6-8-10-12-14-16-18-20-22-24-26-27-28-29-30-31-32-33-34-35-36-37-38-39-40-41-42-43-45-47-49-51-53-55-57-59-61-63-70(73)79-68(67-78-80(74,75)77-65-64-71(3,4)5)66-76-69(72)62-60-58-56-54-52-50-48-46-44-25-23-21-19-17-15-13-11-9-7-2/h8-11,14-17,20-23,26-27,29-30,32-33,35-36,38-39,41-42,44-47,50-53,56,58,68H,6-7,12-13,18-19,24-25,28,31,34,37,40,43,48-49,54-55,57,59-67H2,1-5H3/p+1/b10-8-,11-9-,16-14-,17-15-,22-20-,23-21-,27-26-,30-29-,33-32-,36-35-,39-38-,42-41-,46-44-,47-45-,52-50-,53-51-,58-56-. The molecule has 80 heavy (non-hydrogen) atoms. The second kappa shape index (κ2) is 58.3. The number of ether oxygens (including phenoxy) is 2. The van der Waals surface area contributed by atoms with Crippen LogP contribution in [-0.2, 0) is 32.7 Å². The van der Waals surface area contributed by atoms with Gasteiger partial charge in [-0.3, -0.25) is 18.6 Å². The predicted molar refractivity (Wildman–Crippen MR) is 343 cm³/mol. The number of quaternary nitrogens is 1. The van der Waals surface area contributed by atoms with E-state index < -0.39 is 32.5 Å². The van der Waals surface area contributed by atoms with Gasteiger partial charge < -0.3 is 18.9 Å². The summed E-state index contributed by atoms with van der Waals surface area (Å²) in [5, 5.41) is 0. The molecule has 0 bridgehead atoms. The average Bonchev–Trinajstić information content (AvgIpc) is 3.42. The third-order valence-electron chi connectivity index (χ3n) is 11.3. The molecule has 2 unspecified atom stereocenters. The second-order valence-corrected chi connectivity index (χ2v) is 21.4. The van der Waals surface area contributed by atoms with E-state index >= 15 is 0 Å². The SMILES string of the molecule is CC/C=C\C/C=C\C/C=C\C/C=C\C/C=C\C/C=C\C/C=C\C/C=C\C/C=C\C/C=C\C/C=C\CCCCCC(=O)OC(COC(=O)CC/C=C\C/C=C\C/C=C\C/C=C\C/C=C\C/C=C\CC)COP(=O)(O)OCC[N+](C)(C)C. The quantitative estimate of drug-likeness (QED) is 0.0211. The first-order chi connectivity index (χ1) is 39.0. The highest BCUT2D eigenvalue weighted by molar-refractivity contribution is 7.47. The normalized spacial score (nSPS) is 14.7. The van der Waals surface area contributed by atoms with Crippen molar-refractivity contribution in [3.8, 4) is 0 Å². The zero-order valence-electron chi connectivity index (χ0n) is 50.2. The number of carbonyl (C=O) groups excluding carboxylic acids is 2. The van der Waals surface area contributed by atoms with Crippen molar-refractivity contribution < 1.29 is 42.1 Å². The number of rotatable bonds is 51. The maximum atomic E-state index is 12.8. The number of nitrogens with zero attached hydrogens (tertiary/aromatic N) is 1.